The summed E-state index contributed by atoms with van der Waals surface area (Å²) in [4.78, 5) is 4.41. The van der Waals surface area contributed by atoms with Crippen LogP contribution in [0.3, 0.4) is 0 Å². The lowest BCUT2D eigenvalue weighted by atomic mass is 9.89. The summed E-state index contributed by atoms with van der Waals surface area (Å²) in [5.41, 5.74) is 3.74. The van der Waals surface area contributed by atoms with Gasteiger partial charge in [-0.3, -0.25) is 4.99 Å². The number of hydrogen-bond donors (Lipinski definition) is 2. The lowest BCUT2D eigenvalue weighted by Gasteiger charge is -2.32. The Morgan fingerprint density at radius 1 is 1.17 bits per heavy atom. The molecule has 0 bridgehead atoms. The molecule has 3 atom stereocenters. The van der Waals surface area contributed by atoms with Crippen LogP contribution in [0.4, 0.5) is 0 Å². The van der Waals surface area contributed by atoms with Crippen molar-refractivity contribution in [3.63, 3.8) is 0 Å². The van der Waals surface area contributed by atoms with E-state index in [0.717, 1.165) is 44.2 Å². The summed E-state index contributed by atoms with van der Waals surface area (Å²) in [6.07, 6.45) is 2.39. The molecule has 0 aliphatic carbocycles. The van der Waals surface area contributed by atoms with E-state index in [0.29, 0.717) is 11.8 Å². The van der Waals surface area contributed by atoms with E-state index in [1.54, 1.807) is 7.11 Å². The van der Waals surface area contributed by atoms with Gasteiger partial charge in [0.05, 0.1) is 13.2 Å². The predicted octanol–water partition coefficient (Wildman–Crippen LogP) is 4.44. The molecule has 1 heterocycles. The molecule has 0 aromatic heterocycles. The highest BCUT2D eigenvalue weighted by Crippen LogP contribution is 2.33. The van der Waals surface area contributed by atoms with Crippen LogP contribution in [0.15, 0.2) is 53.5 Å². The molecule has 3 rings (SSSR count). The smallest absolute Gasteiger partial charge is 0.191 e. The maximum atomic E-state index is 6.15. The summed E-state index contributed by atoms with van der Waals surface area (Å²) in [6.45, 7) is 6.76. The monoisotopic (exact) mass is 409 g/mol. The first-order valence-corrected chi connectivity index (χ1v) is 10.9. The van der Waals surface area contributed by atoms with E-state index >= 15 is 0 Å². The second-order valence-electron chi connectivity index (χ2n) is 8.08. The summed E-state index contributed by atoms with van der Waals surface area (Å²) in [5.74, 6) is 2.48. The van der Waals surface area contributed by atoms with E-state index in [2.05, 4.69) is 65.9 Å². The van der Waals surface area contributed by atoms with Crippen LogP contribution in [0.5, 0.6) is 5.75 Å². The van der Waals surface area contributed by atoms with Crippen molar-refractivity contribution >= 4 is 5.96 Å². The maximum Gasteiger partial charge on any atom is 0.191 e. The van der Waals surface area contributed by atoms with E-state index in [1.165, 1.54) is 16.7 Å². The van der Waals surface area contributed by atoms with Gasteiger partial charge in [-0.1, -0.05) is 55.0 Å². The number of methoxy groups -OCH3 is 1. The van der Waals surface area contributed by atoms with Crippen LogP contribution in [0.2, 0.25) is 0 Å². The van der Waals surface area contributed by atoms with Crippen molar-refractivity contribution in [3.05, 3.63) is 65.2 Å². The van der Waals surface area contributed by atoms with Crippen molar-refractivity contribution in [2.45, 2.75) is 38.7 Å². The van der Waals surface area contributed by atoms with E-state index < -0.39 is 0 Å². The topological polar surface area (TPSA) is 54.9 Å². The SMILES string of the molecule is CN=C(NCC(C)c1ccccc1OC)NCC1CCCOC1c1ccc(C)cc1. The lowest BCUT2D eigenvalue weighted by molar-refractivity contribution is -0.0265. The molecule has 0 saturated carbocycles. The van der Waals surface area contributed by atoms with Gasteiger partial charge in [0.2, 0.25) is 0 Å². The van der Waals surface area contributed by atoms with Crippen LogP contribution in [0.25, 0.3) is 0 Å². The van der Waals surface area contributed by atoms with E-state index in [-0.39, 0.29) is 6.10 Å². The van der Waals surface area contributed by atoms with E-state index in [1.807, 2.05) is 19.2 Å². The lowest BCUT2D eigenvalue weighted by Crippen LogP contribution is -2.43. The van der Waals surface area contributed by atoms with Gasteiger partial charge in [0.25, 0.3) is 0 Å². The van der Waals surface area contributed by atoms with Gasteiger partial charge in [-0.2, -0.15) is 0 Å². The molecule has 162 valence electrons. The van der Waals surface area contributed by atoms with Gasteiger partial charge < -0.3 is 20.1 Å². The Morgan fingerprint density at radius 3 is 2.67 bits per heavy atom. The molecule has 2 aromatic rings. The zero-order valence-corrected chi connectivity index (χ0v) is 18.7. The van der Waals surface area contributed by atoms with Crippen molar-refractivity contribution in [2.75, 3.05) is 33.9 Å². The Balaban J connectivity index is 1.55. The number of guanidine groups is 1. The number of aliphatic imine (C=N–C) groups is 1. The first-order chi connectivity index (χ1) is 14.6. The molecule has 5 heteroatoms. The van der Waals surface area contributed by atoms with Gasteiger partial charge in [-0.05, 0) is 37.0 Å². The molecule has 2 aromatic carbocycles. The first kappa shape index (κ1) is 22.2. The van der Waals surface area contributed by atoms with Crippen LogP contribution in [-0.4, -0.2) is 39.8 Å². The third kappa shape index (κ3) is 5.76. The van der Waals surface area contributed by atoms with Crippen molar-refractivity contribution in [3.8, 4) is 5.75 Å². The number of nitrogens with zero attached hydrogens (tertiary/aromatic N) is 1. The Hall–Kier alpha value is -2.53. The van der Waals surface area contributed by atoms with Crippen LogP contribution in [0, 0.1) is 12.8 Å². The molecule has 0 spiro atoms. The Bertz CT molecular complexity index is 819. The zero-order chi connectivity index (χ0) is 21.3. The third-order valence-corrected chi connectivity index (χ3v) is 5.85. The number of benzene rings is 2. The number of ether oxygens (including phenoxy) is 2. The largest absolute Gasteiger partial charge is 0.496 e. The minimum absolute atomic E-state index is 0.137. The zero-order valence-electron chi connectivity index (χ0n) is 18.7. The molecule has 30 heavy (non-hydrogen) atoms. The molecule has 5 nitrogen and oxygen atoms in total. The second kappa shape index (κ2) is 11.0. The number of nitrogens with one attached hydrogen (secondary N) is 2. The molecule has 3 unspecified atom stereocenters. The molecule has 2 N–H and O–H groups in total. The fraction of sp³-hybridized carbons (Fsp3) is 0.480. The average Bonchev–Trinajstić information content (AvgIpc) is 2.79. The third-order valence-electron chi connectivity index (χ3n) is 5.85. The van der Waals surface area contributed by atoms with Crippen molar-refractivity contribution in [1.29, 1.82) is 0 Å². The molecular formula is C25H35N3O2. The van der Waals surface area contributed by atoms with Crippen LogP contribution in [-0.2, 0) is 4.74 Å². The molecule has 0 radical (unpaired) electrons. The minimum Gasteiger partial charge on any atom is -0.496 e. The molecule has 1 aliphatic heterocycles. The average molecular weight is 410 g/mol. The van der Waals surface area contributed by atoms with Crippen LogP contribution >= 0.6 is 0 Å². The Labute approximate surface area is 180 Å². The van der Waals surface area contributed by atoms with Crippen LogP contribution in [0.1, 0.15) is 48.5 Å². The highest BCUT2D eigenvalue weighted by Gasteiger charge is 2.27. The summed E-state index contributed by atoms with van der Waals surface area (Å²) >= 11 is 0. The first-order valence-electron chi connectivity index (χ1n) is 10.9. The van der Waals surface area contributed by atoms with Gasteiger partial charge in [-0.15, -0.1) is 0 Å². The highest BCUT2D eigenvalue weighted by molar-refractivity contribution is 5.79. The van der Waals surface area contributed by atoms with Crippen molar-refractivity contribution < 1.29 is 9.47 Å². The summed E-state index contributed by atoms with van der Waals surface area (Å²) in [5, 5.41) is 6.98. The molecule has 1 fully saturated rings. The molecule has 1 aliphatic rings. The molecule has 1 saturated heterocycles. The number of para-hydroxylation sites is 1. The second-order valence-corrected chi connectivity index (χ2v) is 8.08. The maximum absolute atomic E-state index is 6.15. The normalized spacial score (nSPS) is 20.5. The molecule has 0 amide bonds. The molecular weight excluding hydrogens is 374 g/mol. The van der Waals surface area contributed by atoms with Crippen molar-refractivity contribution in [1.82, 2.24) is 10.6 Å². The highest BCUT2D eigenvalue weighted by atomic mass is 16.5. The Morgan fingerprint density at radius 2 is 1.93 bits per heavy atom. The van der Waals surface area contributed by atoms with Gasteiger partial charge in [0.15, 0.2) is 5.96 Å². The summed E-state index contributed by atoms with van der Waals surface area (Å²) < 4.78 is 11.6. The number of rotatable bonds is 7. The van der Waals surface area contributed by atoms with Gasteiger partial charge in [0, 0.05) is 38.6 Å². The van der Waals surface area contributed by atoms with E-state index in [9.17, 15) is 0 Å². The summed E-state index contributed by atoms with van der Waals surface area (Å²) in [7, 11) is 3.54. The number of hydrogen-bond acceptors (Lipinski definition) is 3. The van der Waals surface area contributed by atoms with Crippen LogP contribution < -0.4 is 15.4 Å². The quantitative estimate of drug-likeness (QED) is 0.524. The fourth-order valence-corrected chi connectivity index (χ4v) is 4.06. The van der Waals surface area contributed by atoms with Gasteiger partial charge in [-0.25, -0.2) is 0 Å². The van der Waals surface area contributed by atoms with Crippen molar-refractivity contribution in [2.24, 2.45) is 10.9 Å². The fourth-order valence-electron chi connectivity index (χ4n) is 4.06. The minimum atomic E-state index is 0.137. The number of aryl methyl sites for hydroxylation is 1. The summed E-state index contributed by atoms with van der Waals surface area (Å²) in [6, 6.07) is 16.9. The predicted molar refractivity (Wildman–Crippen MR) is 123 cm³/mol. The Kier molecular flexibility index (Phi) is 8.14. The van der Waals surface area contributed by atoms with Gasteiger partial charge >= 0.3 is 0 Å². The standard InChI is InChI=1S/C25H35N3O2/c1-18-11-13-20(14-12-18)24-21(8-7-15-30-24)17-28-25(26-3)27-16-19(2)22-9-5-6-10-23(22)29-4/h5-6,9-14,19,21,24H,7-8,15-17H2,1-4H3,(H2,26,27,28). The van der Waals surface area contributed by atoms with Gasteiger partial charge in [0.1, 0.15) is 5.75 Å². The van der Waals surface area contributed by atoms with E-state index in [4.69, 9.17) is 9.47 Å².